The lowest BCUT2D eigenvalue weighted by Gasteiger charge is -2.40. The average Bonchev–Trinajstić information content (AvgIpc) is 2.81. The Balaban J connectivity index is 1.77. The van der Waals surface area contributed by atoms with Crippen molar-refractivity contribution in [1.29, 1.82) is 0 Å². The SMILES string of the molecule is CCC1(O)CCC2(CCN(c3cc[c]cc3)C2=O)CC1. The highest BCUT2D eigenvalue weighted by Crippen LogP contribution is 2.49. The summed E-state index contributed by atoms with van der Waals surface area (Å²) in [7, 11) is 0. The zero-order chi connectivity index (χ0) is 14.2. The highest BCUT2D eigenvalue weighted by molar-refractivity contribution is 5.99. The molecule has 1 aromatic carbocycles. The number of nitrogens with zero attached hydrogens (tertiary/aromatic N) is 1. The number of benzene rings is 1. The molecule has 1 N–H and O–H groups in total. The van der Waals surface area contributed by atoms with E-state index in [9.17, 15) is 9.90 Å². The molecule has 1 saturated carbocycles. The predicted octanol–water partition coefficient (Wildman–Crippen LogP) is 2.92. The monoisotopic (exact) mass is 272 g/mol. The molecule has 3 heteroatoms. The van der Waals surface area contributed by atoms with Crippen LogP contribution in [0.2, 0.25) is 0 Å². The average molecular weight is 272 g/mol. The first-order valence-electron chi connectivity index (χ1n) is 7.59. The van der Waals surface area contributed by atoms with Crippen LogP contribution in [0.1, 0.15) is 45.4 Å². The fourth-order valence-electron chi connectivity index (χ4n) is 3.64. The minimum atomic E-state index is -0.541. The van der Waals surface area contributed by atoms with Crippen LogP contribution in [0.5, 0.6) is 0 Å². The van der Waals surface area contributed by atoms with Crippen molar-refractivity contribution in [2.45, 2.75) is 51.0 Å². The van der Waals surface area contributed by atoms with Crippen LogP contribution in [-0.4, -0.2) is 23.2 Å². The van der Waals surface area contributed by atoms with Crippen molar-refractivity contribution in [2.75, 3.05) is 11.4 Å². The normalized spacial score (nSPS) is 33.9. The Morgan fingerprint density at radius 2 is 1.85 bits per heavy atom. The molecule has 1 spiro atoms. The van der Waals surface area contributed by atoms with Crippen molar-refractivity contribution in [3.63, 3.8) is 0 Å². The van der Waals surface area contributed by atoms with E-state index in [1.54, 1.807) is 0 Å². The first-order valence-corrected chi connectivity index (χ1v) is 7.59. The lowest BCUT2D eigenvalue weighted by molar-refractivity contribution is -0.130. The zero-order valence-corrected chi connectivity index (χ0v) is 12.1. The quantitative estimate of drug-likeness (QED) is 0.899. The van der Waals surface area contributed by atoms with Gasteiger partial charge in [-0.2, -0.15) is 0 Å². The predicted molar refractivity (Wildman–Crippen MR) is 78.4 cm³/mol. The summed E-state index contributed by atoms with van der Waals surface area (Å²) in [6.07, 6.45) is 4.87. The van der Waals surface area contributed by atoms with E-state index in [1.165, 1.54) is 0 Å². The first-order chi connectivity index (χ1) is 9.59. The van der Waals surface area contributed by atoms with Crippen molar-refractivity contribution in [3.05, 3.63) is 30.3 Å². The maximum Gasteiger partial charge on any atom is 0.233 e. The van der Waals surface area contributed by atoms with Gasteiger partial charge in [-0.3, -0.25) is 4.79 Å². The number of carbonyl (C=O) groups is 1. The lowest BCUT2D eigenvalue weighted by Crippen LogP contribution is -2.43. The van der Waals surface area contributed by atoms with Crippen LogP contribution in [0.15, 0.2) is 24.3 Å². The van der Waals surface area contributed by atoms with E-state index >= 15 is 0 Å². The summed E-state index contributed by atoms with van der Waals surface area (Å²) in [6.45, 7) is 2.83. The number of aliphatic hydroxyl groups is 1. The van der Waals surface area contributed by atoms with Crippen LogP contribution in [0, 0.1) is 11.5 Å². The number of rotatable bonds is 2. The minimum Gasteiger partial charge on any atom is -0.390 e. The van der Waals surface area contributed by atoms with Gasteiger partial charge in [0.15, 0.2) is 0 Å². The van der Waals surface area contributed by atoms with E-state index in [-0.39, 0.29) is 11.3 Å². The maximum absolute atomic E-state index is 12.8. The minimum absolute atomic E-state index is 0.221. The molecule has 1 radical (unpaired) electrons. The van der Waals surface area contributed by atoms with Crippen LogP contribution in [-0.2, 0) is 4.79 Å². The maximum atomic E-state index is 12.8. The van der Waals surface area contributed by atoms with E-state index in [0.29, 0.717) is 0 Å². The third-order valence-corrected chi connectivity index (χ3v) is 5.32. The Kier molecular flexibility index (Phi) is 3.33. The number of carbonyl (C=O) groups excluding carboxylic acids is 1. The van der Waals surface area contributed by atoms with E-state index in [2.05, 4.69) is 6.07 Å². The van der Waals surface area contributed by atoms with E-state index in [4.69, 9.17) is 0 Å². The molecule has 1 aliphatic carbocycles. The molecule has 1 aromatic rings. The highest BCUT2D eigenvalue weighted by atomic mass is 16.3. The molecule has 3 rings (SSSR count). The van der Waals surface area contributed by atoms with Crippen molar-refractivity contribution in [2.24, 2.45) is 5.41 Å². The zero-order valence-electron chi connectivity index (χ0n) is 12.1. The number of hydrogen-bond donors (Lipinski definition) is 1. The molecule has 1 saturated heterocycles. The Morgan fingerprint density at radius 1 is 1.20 bits per heavy atom. The van der Waals surface area contributed by atoms with Gasteiger partial charge in [-0.25, -0.2) is 0 Å². The third kappa shape index (κ3) is 2.14. The molecule has 1 amide bonds. The van der Waals surface area contributed by atoms with Gasteiger partial charge in [0.05, 0.1) is 11.0 Å². The van der Waals surface area contributed by atoms with Crippen LogP contribution < -0.4 is 4.90 Å². The molecule has 0 atom stereocenters. The fourth-order valence-corrected chi connectivity index (χ4v) is 3.64. The molecule has 0 unspecified atom stereocenters. The summed E-state index contributed by atoms with van der Waals surface area (Å²) in [4.78, 5) is 14.7. The molecular weight excluding hydrogens is 250 g/mol. The largest absolute Gasteiger partial charge is 0.390 e. The third-order valence-electron chi connectivity index (χ3n) is 5.32. The molecule has 1 heterocycles. The Bertz CT molecular complexity index is 489. The summed E-state index contributed by atoms with van der Waals surface area (Å²) in [5.74, 6) is 0.252. The molecule has 0 bridgehead atoms. The molecule has 2 fully saturated rings. The molecule has 1 aliphatic heterocycles. The van der Waals surface area contributed by atoms with Crippen LogP contribution in [0.25, 0.3) is 0 Å². The van der Waals surface area contributed by atoms with Crippen molar-refractivity contribution in [1.82, 2.24) is 0 Å². The molecule has 2 aliphatic rings. The van der Waals surface area contributed by atoms with Gasteiger partial charge in [-0.1, -0.05) is 19.1 Å². The number of amides is 1. The molecule has 3 nitrogen and oxygen atoms in total. The standard InChI is InChI=1S/C17H22NO2/c1-2-17(20)10-8-16(9-11-17)12-13-18(15(16)19)14-6-4-3-5-7-14/h4-7,20H,2,8-13H2,1H3. The molecule has 0 aromatic heterocycles. The topological polar surface area (TPSA) is 40.5 Å². The summed E-state index contributed by atoms with van der Waals surface area (Å²) in [5.41, 5.74) is 0.212. The summed E-state index contributed by atoms with van der Waals surface area (Å²) < 4.78 is 0. The van der Waals surface area contributed by atoms with Gasteiger partial charge >= 0.3 is 0 Å². The molecular formula is C17H22NO2. The van der Waals surface area contributed by atoms with E-state index in [1.807, 2.05) is 36.1 Å². The highest BCUT2D eigenvalue weighted by Gasteiger charge is 2.51. The van der Waals surface area contributed by atoms with Crippen molar-refractivity contribution in [3.8, 4) is 0 Å². The molecule has 20 heavy (non-hydrogen) atoms. The van der Waals surface area contributed by atoms with Crippen LogP contribution >= 0.6 is 0 Å². The summed E-state index contributed by atoms with van der Waals surface area (Å²) >= 11 is 0. The van der Waals surface area contributed by atoms with Crippen LogP contribution in [0.4, 0.5) is 5.69 Å². The number of hydrogen-bond acceptors (Lipinski definition) is 2. The first kappa shape index (κ1) is 13.6. The fraction of sp³-hybridized carbons (Fsp3) is 0.588. The van der Waals surface area contributed by atoms with Gasteiger partial charge in [0.2, 0.25) is 5.91 Å². The van der Waals surface area contributed by atoms with Gasteiger partial charge in [-0.15, -0.1) is 0 Å². The summed E-state index contributed by atoms with van der Waals surface area (Å²) in [6, 6.07) is 10.6. The molecule has 107 valence electrons. The van der Waals surface area contributed by atoms with Gasteiger partial charge in [0.25, 0.3) is 0 Å². The Morgan fingerprint density at radius 3 is 2.45 bits per heavy atom. The second kappa shape index (κ2) is 4.88. The Hall–Kier alpha value is -1.35. The van der Waals surface area contributed by atoms with E-state index in [0.717, 1.165) is 50.8 Å². The smallest absolute Gasteiger partial charge is 0.233 e. The Labute approximate surface area is 120 Å². The van der Waals surface area contributed by atoms with Crippen LogP contribution in [0.3, 0.4) is 0 Å². The van der Waals surface area contributed by atoms with Crippen molar-refractivity contribution < 1.29 is 9.90 Å². The van der Waals surface area contributed by atoms with Crippen molar-refractivity contribution >= 4 is 11.6 Å². The second-order valence-electron chi connectivity index (χ2n) is 6.32. The van der Waals surface area contributed by atoms with Gasteiger partial charge in [-0.05, 0) is 56.7 Å². The second-order valence-corrected chi connectivity index (χ2v) is 6.32. The number of anilines is 1. The van der Waals surface area contributed by atoms with Gasteiger partial charge in [0, 0.05) is 12.2 Å². The lowest BCUT2D eigenvalue weighted by atomic mass is 9.67. The van der Waals surface area contributed by atoms with Gasteiger partial charge in [0.1, 0.15) is 0 Å². The summed E-state index contributed by atoms with van der Waals surface area (Å²) in [5, 5.41) is 10.4. The van der Waals surface area contributed by atoms with Gasteiger partial charge < -0.3 is 10.0 Å². The van der Waals surface area contributed by atoms with E-state index < -0.39 is 5.60 Å².